The minimum Gasteiger partial charge on any atom is -0.397 e. The third kappa shape index (κ3) is 4.20. The predicted molar refractivity (Wildman–Crippen MR) is 168 cm³/mol. The van der Waals surface area contributed by atoms with Gasteiger partial charge in [-0.1, -0.05) is 5.16 Å². The van der Waals surface area contributed by atoms with E-state index in [1.165, 1.54) is 4.88 Å². The van der Waals surface area contributed by atoms with Crippen LogP contribution in [0.1, 0.15) is 84.5 Å². The van der Waals surface area contributed by atoms with Gasteiger partial charge in [-0.2, -0.15) is 10.4 Å². The summed E-state index contributed by atoms with van der Waals surface area (Å²) in [6, 6.07) is 2.80. The lowest BCUT2D eigenvalue weighted by atomic mass is 9.63. The quantitative estimate of drug-likeness (QED) is 0.313. The van der Waals surface area contributed by atoms with Crippen LogP contribution in [0.4, 0.5) is 5.00 Å². The van der Waals surface area contributed by atoms with Crippen molar-refractivity contribution in [2.24, 2.45) is 10.7 Å². The first-order chi connectivity index (χ1) is 20.9. The number of aromatic nitrogens is 5. The topological polar surface area (TPSA) is 161 Å². The Morgan fingerprint density at radius 1 is 1.30 bits per heavy atom. The van der Waals surface area contributed by atoms with Crippen LogP contribution in [0.5, 0.6) is 0 Å². The molecule has 3 aliphatic rings. The molecule has 1 fully saturated rings. The van der Waals surface area contributed by atoms with Crippen LogP contribution in [0.3, 0.4) is 0 Å². The lowest BCUT2D eigenvalue weighted by Crippen LogP contribution is -2.35. The molecule has 0 bridgehead atoms. The molecule has 43 heavy (non-hydrogen) atoms. The molecular formula is C31H36N10OS. The van der Waals surface area contributed by atoms with Gasteiger partial charge in [0.25, 0.3) is 0 Å². The first kappa shape index (κ1) is 27.7. The summed E-state index contributed by atoms with van der Waals surface area (Å²) < 4.78 is 8.23. The van der Waals surface area contributed by atoms with Gasteiger partial charge in [0.2, 0.25) is 0 Å². The van der Waals surface area contributed by atoms with E-state index in [9.17, 15) is 5.26 Å². The van der Waals surface area contributed by atoms with E-state index in [0.29, 0.717) is 39.5 Å². The van der Waals surface area contributed by atoms with Gasteiger partial charge < -0.3 is 20.9 Å². The smallest absolute Gasteiger partial charge is 0.184 e. The van der Waals surface area contributed by atoms with Crippen molar-refractivity contribution in [1.29, 1.82) is 5.26 Å². The number of rotatable bonds is 5. The number of likely N-dealkylation sites (N-methyl/N-ethyl adjacent to an activating group) is 1. The number of thiophene rings is 1. The number of aliphatic imine (C=N–C) groups is 1. The van der Waals surface area contributed by atoms with E-state index in [4.69, 9.17) is 31.1 Å². The third-order valence-electron chi connectivity index (χ3n) is 9.72. The Balaban J connectivity index is 1.37. The number of nitrogen functional groups attached to an aromatic ring is 1. The molecule has 4 N–H and O–H groups in total. The maximum absolute atomic E-state index is 10.0. The molecule has 4 aromatic heterocycles. The number of allylic oxidation sites excluding steroid dienone is 1. The van der Waals surface area contributed by atoms with E-state index in [-0.39, 0.29) is 6.04 Å². The highest BCUT2D eigenvalue weighted by Gasteiger charge is 2.48. The van der Waals surface area contributed by atoms with E-state index >= 15 is 0 Å². The van der Waals surface area contributed by atoms with Crippen LogP contribution in [-0.4, -0.2) is 62.7 Å². The van der Waals surface area contributed by atoms with Crippen molar-refractivity contribution in [2.75, 3.05) is 26.4 Å². The molecule has 1 aliphatic heterocycles. The fourth-order valence-corrected chi connectivity index (χ4v) is 8.85. The summed E-state index contributed by atoms with van der Waals surface area (Å²) in [5, 5.41) is 21.0. The molecule has 3 unspecified atom stereocenters. The van der Waals surface area contributed by atoms with Gasteiger partial charge in [0, 0.05) is 35.9 Å². The second-order valence-electron chi connectivity index (χ2n) is 12.1. The molecule has 11 nitrogen and oxygen atoms in total. The number of nitrogens with zero attached hydrogens (tertiary/aromatic N) is 8. The van der Waals surface area contributed by atoms with Crippen molar-refractivity contribution < 1.29 is 4.52 Å². The molecule has 0 saturated carbocycles. The van der Waals surface area contributed by atoms with Gasteiger partial charge >= 0.3 is 0 Å². The molecule has 1 spiro atoms. The number of nitrogens with two attached hydrogens (primary N) is 2. The van der Waals surface area contributed by atoms with Crippen LogP contribution >= 0.6 is 11.3 Å². The summed E-state index contributed by atoms with van der Waals surface area (Å²) in [5.74, 6) is 1.35. The van der Waals surface area contributed by atoms with Gasteiger partial charge in [-0.25, -0.2) is 14.6 Å². The molecule has 0 amide bonds. The molecule has 222 valence electrons. The Hall–Kier alpha value is -4.08. The highest BCUT2D eigenvalue weighted by molar-refractivity contribution is 7.16. The molecule has 1 saturated heterocycles. The summed E-state index contributed by atoms with van der Waals surface area (Å²) >= 11 is 1.54. The largest absolute Gasteiger partial charge is 0.397 e. The Labute approximate surface area is 254 Å². The van der Waals surface area contributed by atoms with Gasteiger partial charge in [-0.15, -0.1) is 11.3 Å². The van der Waals surface area contributed by atoms with Gasteiger partial charge in [0.15, 0.2) is 22.9 Å². The van der Waals surface area contributed by atoms with Crippen LogP contribution < -0.4 is 11.5 Å². The van der Waals surface area contributed by atoms with Crippen LogP contribution in [0.2, 0.25) is 0 Å². The lowest BCUT2D eigenvalue weighted by molar-refractivity contribution is 0.232. The van der Waals surface area contributed by atoms with Crippen molar-refractivity contribution in [3.63, 3.8) is 0 Å². The molecule has 12 heteroatoms. The zero-order valence-corrected chi connectivity index (χ0v) is 25.6. The van der Waals surface area contributed by atoms with Crippen molar-refractivity contribution in [1.82, 2.24) is 29.8 Å². The number of likely N-dealkylation sites (tertiary alicyclic amines) is 1. The summed E-state index contributed by atoms with van der Waals surface area (Å²) in [5.41, 5.74) is 17.6. The molecule has 5 heterocycles. The highest BCUT2D eigenvalue weighted by Crippen LogP contribution is 2.55. The molecule has 0 aromatic carbocycles. The lowest BCUT2D eigenvalue weighted by Gasteiger charge is -2.39. The average molecular weight is 597 g/mol. The molecule has 0 radical (unpaired) electrons. The summed E-state index contributed by atoms with van der Waals surface area (Å²) in [6.45, 7) is 3.26. The molecule has 2 aliphatic carbocycles. The van der Waals surface area contributed by atoms with Crippen LogP contribution in [-0.2, 0) is 18.3 Å². The number of aryl methyl sites for hydroxylation is 1. The molecular weight excluding hydrogens is 560 g/mol. The van der Waals surface area contributed by atoms with Gasteiger partial charge in [0.05, 0.1) is 28.1 Å². The zero-order valence-electron chi connectivity index (χ0n) is 24.8. The highest BCUT2D eigenvalue weighted by atomic mass is 32.1. The van der Waals surface area contributed by atoms with Crippen molar-refractivity contribution in [2.45, 2.75) is 75.8 Å². The van der Waals surface area contributed by atoms with Gasteiger partial charge in [0.1, 0.15) is 16.8 Å². The van der Waals surface area contributed by atoms with E-state index < -0.39 is 5.41 Å². The minimum absolute atomic E-state index is 0.0720. The Bertz CT molecular complexity index is 1820. The van der Waals surface area contributed by atoms with Gasteiger partial charge in [-0.3, -0.25) is 4.99 Å². The number of hydrogen-bond donors (Lipinski definition) is 2. The standard InChI is InChI=1S/C31H36N10OS/c1-17(22-8-6-14-40(22)3)41-30-20(25(38-41)21(33)10-13-35-2)16-36-29(37-30)26-18-7-4-11-31(27(18)42-39-26)12-5-9-23-24(31)19(15-32)28(34)43-23/h10,13,16-17,22H,4-9,11-12,14,33-34H2,1-3H3/b21-10-,35-13?. The normalized spacial score (nSPS) is 23.2. The first-order valence-electron chi connectivity index (χ1n) is 15.0. The zero-order chi connectivity index (χ0) is 29.9. The van der Waals surface area contributed by atoms with E-state index in [0.717, 1.165) is 85.8 Å². The summed E-state index contributed by atoms with van der Waals surface area (Å²) in [4.78, 5) is 17.5. The molecule has 7 rings (SSSR count). The Morgan fingerprint density at radius 2 is 2.12 bits per heavy atom. The fourth-order valence-electron chi connectivity index (χ4n) is 7.69. The van der Waals surface area contributed by atoms with E-state index in [1.807, 2.05) is 4.68 Å². The average Bonchev–Trinajstić information content (AvgIpc) is 3.79. The van der Waals surface area contributed by atoms with Gasteiger partial charge in [-0.05, 0) is 83.5 Å². The van der Waals surface area contributed by atoms with Crippen molar-refractivity contribution in [3.05, 3.63) is 45.3 Å². The Morgan fingerprint density at radius 3 is 2.86 bits per heavy atom. The third-order valence-corrected chi connectivity index (χ3v) is 10.8. The first-order valence-corrected chi connectivity index (χ1v) is 15.8. The number of hydrogen-bond acceptors (Lipinski definition) is 11. The fraction of sp³-hybridized carbons (Fsp3) is 0.484. The Kier molecular flexibility index (Phi) is 6.82. The number of anilines is 1. The van der Waals surface area contributed by atoms with E-state index in [1.54, 1.807) is 36.9 Å². The van der Waals surface area contributed by atoms with Crippen molar-refractivity contribution in [3.8, 4) is 17.6 Å². The molecule has 3 atom stereocenters. The number of nitriles is 1. The number of fused-ring (bicyclic) bond motifs is 5. The minimum atomic E-state index is -0.397. The van der Waals surface area contributed by atoms with Crippen molar-refractivity contribution >= 4 is 39.3 Å². The van der Waals surface area contributed by atoms with Crippen LogP contribution in [0, 0.1) is 11.3 Å². The monoisotopic (exact) mass is 596 g/mol. The van der Waals surface area contributed by atoms with Crippen LogP contribution in [0.15, 0.2) is 21.8 Å². The second-order valence-corrected chi connectivity index (χ2v) is 13.2. The van der Waals surface area contributed by atoms with Crippen LogP contribution in [0.25, 0.3) is 28.2 Å². The summed E-state index contributed by atoms with van der Waals surface area (Å²) in [6.07, 6.45) is 13.0. The predicted octanol–water partition coefficient (Wildman–Crippen LogP) is 4.61. The maximum atomic E-state index is 10.0. The second kappa shape index (κ2) is 10.6. The van der Waals surface area contributed by atoms with E-state index in [2.05, 4.69) is 35.1 Å². The summed E-state index contributed by atoms with van der Waals surface area (Å²) in [7, 11) is 3.87. The SMILES string of the molecule is CN=C/C=C(\N)c1nn(C(C)C2CCCN2C)c2nc(-c3noc4c3CCCC43CCCc4sc(N)c(C#N)c43)ncc12. The maximum Gasteiger partial charge on any atom is 0.184 e. The molecule has 4 aromatic rings.